The third kappa shape index (κ3) is 3.76. The molecule has 3 heterocycles. The summed E-state index contributed by atoms with van der Waals surface area (Å²) in [6.45, 7) is 3.37. The van der Waals surface area contributed by atoms with E-state index in [1.54, 1.807) is 12.3 Å². The lowest BCUT2D eigenvalue weighted by molar-refractivity contribution is -0.131. The molecule has 3 atom stereocenters. The summed E-state index contributed by atoms with van der Waals surface area (Å²) >= 11 is 0. The van der Waals surface area contributed by atoms with Crippen LogP contribution in [0.1, 0.15) is 23.3 Å². The number of carbonyl (C=O) groups excluding carboxylic acids is 2. The molecular weight excluding hydrogens is 344 g/mol. The van der Waals surface area contributed by atoms with Crippen LogP contribution in [-0.2, 0) is 27.3 Å². The summed E-state index contributed by atoms with van der Waals surface area (Å²) in [6.07, 6.45) is 2.50. The van der Waals surface area contributed by atoms with E-state index in [1.165, 1.54) is 5.56 Å². The molecule has 4 rings (SSSR count). The van der Waals surface area contributed by atoms with Crippen molar-refractivity contribution >= 4 is 11.8 Å². The predicted octanol–water partition coefficient (Wildman–Crippen LogP) is 2.06. The van der Waals surface area contributed by atoms with Crippen molar-refractivity contribution in [3.05, 3.63) is 59.5 Å². The molecule has 1 aromatic heterocycles. The standard InChI is InChI=1S/C21H24N2O4/c1-14-4-6-15(7-5-14)11-19(24)23-13-17(20-18(23)8-10-27-20)21(25)22-12-16-3-2-9-26-16/h2-7,9,17-18,20H,8,10-13H2,1H3,(H,22,25). The molecule has 6 heteroatoms. The topological polar surface area (TPSA) is 71.8 Å². The van der Waals surface area contributed by atoms with Crippen molar-refractivity contribution in [3.63, 3.8) is 0 Å². The van der Waals surface area contributed by atoms with Gasteiger partial charge in [0.05, 0.1) is 37.3 Å². The average Bonchev–Trinajstić information content (AvgIpc) is 3.39. The molecule has 2 aliphatic rings. The van der Waals surface area contributed by atoms with Crippen LogP contribution in [0.25, 0.3) is 0 Å². The molecule has 27 heavy (non-hydrogen) atoms. The zero-order chi connectivity index (χ0) is 18.8. The van der Waals surface area contributed by atoms with Gasteiger partial charge >= 0.3 is 0 Å². The van der Waals surface area contributed by atoms with Crippen LogP contribution < -0.4 is 5.32 Å². The van der Waals surface area contributed by atoms with E-state index in [1.807, 2.05) is 42.2 Å². The van der Waals surface area contributed by atoms with E-state index < -0.39 is 0 Å². The Kier molecular flexibility index (Phi) is 4.99. The normalized spacial score (nSPS) is 24.0. The first kappa shape index (κ1) is 17.8. The predicted molar refractivity (Wildman–Crippen MR) is 98.8 cm³/mol. The molecule has 1 aromatic carbocycles. The summed E-state index contributed by atoms with van der Waals surface area (Å²) in [5.74, 6) is 0.335. The van der Waals surface area contributed by atoms with Crippen LogP contribution in [0.2, 0.25) is 0 Å². The maximum atomic E-state index is 12.9. The summed E-state index contributed by atoms with van der Waals surface area (Å²) in [5, 5.41) is 2.90. The minimum Gasteiger partial charge on any atom is -0.467 e. The number of amides is 2. The number of furan rings is 1. The lowest BCUT2D eigenvalue weighted by Gasteiger charge is -2.22. The molecule has 3 unspecified atom stereocenters. The number of carbonyl (C=O) groups is 2. The highest BCUT2D eigenvalue weighted by Crippen LogP contribution is 2.34. The number of ether oxygens (including phenoxy) is 1. The highest BCUT2D eigenvalue weighted by Gasteiger charge is 2.50. The third-order valence-corrected chi connectivity index (χ3v) is 5.44. The van der Waals surface area contributed by atoms with Gasteiger partial charge in [-0.1, -0.05) is 29.8 Å². The molecule has 2 fully saturated rings. The minimum atomic E-state index is -0.338. The third-order valence-electron chi connectivity index (χ3n) is 5.44. The average molecular weight is 368 g/mol. The van der Waals surface area contributed by atoms with Crippen molar-refractivity contribution in [1.82, 2.24) is 10.2 Å². The van der Waals surface area contributed by atoms with E-state index in [4.69, 9.17) is 9.15 Å². The van der Waals surface area contributed by atoms with Crippen LogP contribution in [-0.4, -0.2) is 42.0 Å². The highest BCUT2D eigenvalue weighted by atomic mass is 16.5. The summed E-state index contributed by atoms with van der Waals surface area (Å²) in [5.41, 5.74) is 2.16. The maximum absolute atomic E-state index is 12.9. The Morgan fingerprint density at radius 1 is 1.22 bits per heavy atom. The number of hydrogen-bond donors (Lipinski definition) is 1. The zero-order valence-electron chi connectivity index (χ0n) is 15.4. The van der Waals surface area contributed by atoms with Crippen molar-refractivity contribution in [3.8, 4) is 0 Å². The number of rotatable bonds is 5. The van der Waals surface area contributed by atoms with E-state index in [0.717, 1.165) is 12.0 Å². The van der Waals surface area contributed by atoms with Gasteiger partial charge in [0.15, 0.2) is 0 Å². The summed E-state index contributed by atoms with van der Waals surface area (Å²) < 4.78 is 11.1. The second-order valence-electron chi connectivity index (χ2n) is 7.30. The molecule has 1 N–H and O–H groups in total. The van der Waals surface area contributed by atoms with E-state index in [-0.39, 0.29) is 29.9 Å². The molecule has 0 saturated carbocycles. The number of nitrogens with zero attached hydrogens (tertiary/aromatic N) is 1. The SMILES string of the molecule is Cc1ccc(CC(=O)N2CC(C(=O)NCc3ccco3)C3OCCC32)cc1. The first-order chi connectivity index (χ1) is 13.1. The Balaban J connectivity index is 1.41. The molecule has 2 amide bonds. The molecule has 0 aliphatic carbocycles. The lowest BCUT2D eigenvalue weighted by atomic mass is 10.0. The van der Waals surface area contributed by atoms with Gasteiger partial charge in [-0.2, -0.15) is 0 Å². The molecule has 0 spiro atoms. The van der Waals surface area contributed by atoms with Gasteiger partial charge in [0.2, 0.25) is 11.8 Å². The number of aryl methyl sites for hydroxylation is 1. The van der Waals surface area contributed by atoms with E-state index in [9.17, 15) is 9.59 Å². The first-order valence-corrected chi connectivity index (χ1v) is 9.38. The largest absolute Gasteiger partial charge is 0.467 e. The lowest BCUT2D eigenvalue weighted by Crippen LogP contribution is -2.38. The number of fused-ring (bicyclic) bond motifs is 1. The molecule has 0 radical (unpaired) electrons. The number of benzene rings is 1. The summed E-state index contributed by atoms with van der Waals surface area (Å²) in [6, 6.07) is 11.6. The van der Waals surface area contributed by atoms with Gasteiger partial charge in [0, 0.05) is 13.2 Å². The Morgan fingerprint density at radius 3 is 2.78 bits per heavy atom. The molecule has 6 nitrogen and oxygen atoms in total. The van der Waals surface area contributed by atoms with E-state index in [2.05, 4.69) is 5.32 Å². The summed E-state index contributed by atoms with van der Waals surface area (Å²) in [7, 11) is 0. The van der Waals surface area contributed by atoms with Gasteiger partial charge < -0.3 is 19.4 Å². The van der Waals surface area contributed by atoms with Crippen LogP contribution in [0.15, 0.2) is 47.1 Å². The van der Waals surface area contributed by atoms with Crippen LogP contribution >= 0.6 is 0 Å². The molecule has 2 aliphatic heterocycles. The van der Waals surface area contributed by atoms with Crippen molar-refractivity contribution in [2.75, 3.05) is 13.2 Å². The van der Waals surface area contributed by atoms with E-state index in [0.29, 0.717) is 31.9 Å². The monoisotopic (exact) mass is 368 g/mol. The van der Waals surface area contributed by atoms with Gasteiger partial charge in [0.25, 0.3) is 0 Å². The second-order valence-corrected chi connectivity index (χ2v) is 7.30. The number of nitrogens with one attached hydrogen (secondary N) is 1. The van der Waals surface area contributed by atoms with E-state index >= 15 is 0 Å². The smallest absolute Gasteiger partial charge is 0.227 e. The fourth-order valence-corrected chi connectivity index (χ4v) is 3.99. The van der Waals surface area contributed by atoms with Gasteiger partial charge in [-0.3, -0.25) is 9.59 Å². The van der Waals surface area contributed by atoms with Crippen LogP contribution in [0.5, 0.6) is 0 Å². The Bertz CT molecular complexity index is 800. The summed E-state index contributed by atoms with van der Waals surface area (Å²) in [4.78, 5) is 27.4. The zero-order valence-corrected chi connectivity index (χ0v) is 15.4. The molecule has 2 saturated heterocycles. The van der Waals surface area contributed by atoms with Gasteiger partial charge in [-0.25, -0.2) is 0 Å². The molecule has 0 bridgehead atoms. The Hall–Kier alpha value is -2.60. The van der Waals surface area contributed by atoms with Crippen molar-refractivity contribution in [1.29, 1.82) is 0 Å². The first-order valence-electron chi connectivity index (χ1n) is 9.38. The fourth-order valence-electron chi connectivity index (χ4n) is 3.99. The van der Waals surface area contributed by atoms with Crippen LogP contribution in [0.3, 0.4) is 0 Å². The fraction of sp³-hybridized carbons (Fsp3) is 0.429. The highest BCUT2D eigenvalue weighted by molar-refractivity contribution is 5.84. The second kappa shape index (κ2) is 7.56. The molecular formula is C21H24N2O4. The van der Waals surface area contributed by atoms with Crippen molar-refractivity contribution in [2.45, 2.75) is 38.5 Å². The Morgan fingerprint density at radius 2 is 2.04 bits per heavy atom. The maximum Gasteiger partial charge on any atom is 0.227 e. The Labute approximate surface area is 158 Å². The van der Waals surface area contributed by atoms with Crippen molar-refractivity contribution < 1.29 is 18.7 Å². The van der Waals surface area contributed by atoms with Gasteiger partial charge in [-0.05, 0) is 31.0 Å². The van der Waals surface area contributed by atoms with Crippen LogP contribution in [0.4, 0.5) is 0 Å². The molecule has 142 valence electrons. The number of likely N-dealkylation sites (tertiary alicyclic amines) is 1. The number of hydrogen-bond acceptors (Lipinski definition) is 4. The molecule has 2 aromatic rings. The minimum absolute atomic E-state index is 0.0117. The quantitative estimate of drug-likeness (QED) is 0.877. The van der Waals surface area contributed by atoms with Crippen molar-refractivity contribution in [2.24, 2.45) is 5.92 Å². The van der Waals surface area contributed by atoms with Gasteiger partial charge in [0.1, 0.15) is 5.76 Å². The van der Waals surface area contributed by atoms with Crippen LogP contribution in [0, 0.1) is 12.8 Å². The van der Waals surface area contributed by atoms with Gasteiger partial charge in [-0.15, -0.1) is 0 Å².